The highest BCUT2D eigenvalue weighted by atomic mass is 16.5. The van der Waals surface area contributed by atoms with Gasteiger partial charge in [0.15, 0.2) is 0 Å². The molecule has 120 valence electrons. The standard InChI is InChI=1S/C16H23N3O3/c1-4-17-15(20)13-6-5-7-14(8-13)18-16(21)19-9-11(2)22-12(3)10-19/h5-8,11-12H,4,9-10H2,1-3H3,(H,17,20)(H,18,21)/t11-,12+. The molecule has 0 radical (unpaired) electrons. The number of rotatable bonds is 3. The van der Waals surface area contributed by atoms with Crippen molar-refractivity contribution in [2.24, 2.45) is 0 Å². The molecule has 22 heavy (non-hydrogen) atoms. The van der Waals surface area contributed by atoms with Gasteiger partial charge in [0.2, 0.25) is 0 Å². The third kappa shape index (κ3) is 4.21. The first-order valence-electron chi connectivity index (χ1n) is 7.59. The first kappa shape index (κ1) is 16.3. The molecule has 1 aromatic carbocycles. The number of amides is 3. The van der Waals surface area contributed by atoms with E-state index in [0.29, 0.717) is 30.9 Å². The third-order valence-electron chi connectivity index (χ3n) is 3.42. The van der Waals surface area contributed by atoms with Gasteiger partial charge in [0.1, 0.15) is 0 Å². The minimum absolute atomic E-state index is 0.0242. The lowest BCUT2D eigenvalue weighted by Gasteiger charge is -2.35. The molecule has 2 atom stereocenters. The summed E-state index contributed by atoms with van der Waals surface area (Å²) >= 11 is 0. The topological polar surface area (TPSA) is 70.7 Å². The van der Waals surface area contributed by atoms with Gasteiger partial charge < -0.3 is 20.3 Å². The van der Waals surface area contributed by atoms with E-state index in [2.05, 4.69) is 10.6 Å². The summed E-state index contributed by atoms with van der Waals surface area (Å²) in [5, 5.41) is 5.58. The molecule has 1 aliphatic rings. The molecule has 6 heteroatoms. The van der Waals surface area contributed by atoms with Crippen LogP contribution in [0, 0.1) is 0 Å². The van der Waals surface area contributed by atoms with Crippen LogP contribution in [-0.2, 0) is 4.74 Å². The van der Waals surface area contributed by atoms with E-state index in [1.807, 2.05) is 20.8 Å². The Bertz CT molecular complexity index is 537. The normalized spacial score (nSPS) is 21.3. The van der Waals surface area contributed by atoms with Crippen LogP contribution in [0.15, 0.2) is 24.3 Å². The Kier molecular flexibility index (Phi) is 5.38. The highest BCUT2D eigenvalue weighted by Gasteiger charge is 2.25. The van der Waals surface area contributed by atoms with Crippen LogP contribution >= 0.6 is 0 Å². The number of nitrogens with one attached hydrogen (secondary N) is 2. The zero-order valence-corrected chi connectivity index (χ0v) is 13.3. The number of ether oxygens (including phenoxy) is 1. The van der Waals surface area contributed by atoms with E-state index in [4.69, 9.17) is 4.74 Å². The van der Waals surface area contributed by atoms with Crippen LogP contribution < -0.4 is 10.6 Å². The summed E-state index contributed by atoms with van der Waals surface area (Å²) in [5.74, 6) is -0.146. The lowest BCUT2D eigenvalue weighted by molar-refractivity contribution is -0.0530. The average molecular weight is 305 g/mol. The van der Waals surface area contributed by atoms with Gasteiger partial charge in [-0.2, -0.15) is 0 Å². The van der Waals surface area contributed by atoms with E-state index >= 15 is 0 Å². The number of carbonyl (C=O) groups is 2. The molecule has 1 heterocycles. The molecule has 3 amide bonds. The molecule has 1 aromatic rings. The van der Waals surface area contributed by atoms with Crippen molar-refractivity contribution in [2.75, 3.05) is 25.0 Å². The first-order chi connectivity index (χ1) is 10.5. The Balaban J connectivity index is 2.02. The number of nitrogens with zero attached hydrogens (tertiary/aromatic N) is 1. The van der Waals surface area contributed by atoms with Gasteiger partial charge >= 0.3 is 6.03 Å². The van der Waals surface area contributed by atoms with E-state index < -0.39 is 0 Å². The van der Waals surface area contributed by atoms with Crippen LogP contribution in [0.3, 0.4) is 0 Å². The van der Waals surface area contributed by atoms with Crippen molar-refractivity contribution in [3.63, 3.8) is 0 Å². The summed E-state index contributed by atoms with van der Waals surface area (Å²) in [6.45, 7) is 7.46. The van der Waals surface area contributed by atoms with E-state index in [0.717, 1.165) is 0 Å². The molecule has 0 aliphatic carbocycles. The summed E-state index contributed by atoms with van der Waals surface area (Å²) in [6.07, 6.45) is 0.0485. The summed E-state index contributed by atoms with van der Waals surface area (Å²) < 4.78 is 5.62. The predicted octanol–water partition coefficient (Wildman–Crippen LogP) is 2.08. The van der Waals surface area contributed by atoms with Crippen LogP contribution in [0.2, 0.25) is 0 Å². The Morgan fingerprint density at radius 2 is 1.95 bits per heavy atom. The fourth-order valence-corrected chi connectivity index (χ4v) is 2.55. The first-order valence-corrected chi connectivity index (χ1v) is 7.59. The summed E-state index contributed by atoms with van der Waals surface area (Å²) in [5.41, 5.74) is 1.14. The number of benzene rings is 1. The Morgan fingerprint density at radius 1 is 1.27 bits per heavy atom. The smallest absolute Gasteiger partial charge is 0.322 e. The molecule has 2 N–H and O–H groups in total. The van der Waals surface area contributed by atoms with Crippen LogP contribution in [0.5, 0.6) is 0 Å². The summed E-state index contributed by atoms with van der Waals surface area (Å²) in [7, 11) is 0. The molecule has 0 aromatic heterocycles. The van der Waals surface area contributed by atoms with Crippen LogP contribution in [0.25, 0.3) is 0 Å². The highest BCUT2D eigenvalue weighted by molar-refractivity contribution is 5.96. The molecule has 0 bridgehead atoms. The fraction of sp³-hybridized carbons (Fsp3) is 0.500. The number of carbonyl (C=O) groups excluding carboxylic acids is 2. The molecule has 2 rings (SSSR count). The van der Waals surface area contributed by atoms with E-state index in [9.17, 15) is 9.59 Å². The zero-order valence-electron chi connectivity index (χ0n) is 13.3. The second-order valence-electron chi connectivity index (χ2n) is 5.53. The predicted molar refractivity (Wildman–Crippen MR) is 85.0 cm³/mol. The second-order valence-corrected chi connectivity index (χ2v) is 5.53. The lowest BCUT2D eigenvalue weighted by atomic mass is 10.2. The second kappa shape index (κ2) is 7.26. The van der Waals surface area contributed by atoms with E-state index in [-0.39, 0.29) is 24.1 Å². The minimum atomic E-state index is -0.171. The maximum atomic E-state index is 12.3. The molecule has 0 saturated carbocycles. The van der Waals surface area contributed by atoms with Gasteiger partial charge in [-0.15, -0.1) is 0 Å². The molecule has 6 nitrogen and oxygen atoms in total. The zero-order chi connectivity index (χ0) is 16.1. The molecular weight excluding hydrogens is 282 g/mol. The quantitative estimate of drug-likeness (QED) is 0.898. The van der Waals surface area contributed by atoms with Crippen molar-refractivity contribution < 1.29 is 14.3 Å². The van der Waals surface area contributed by atoms with Crippen molar-refractivity contribution in [3.8, 4) is 0 Å². The van der Waals surface area contributed by atoms with Crippen molar-refractivity contribution in [2.45, 2.75) is 33.0 Å². The number of anilines is 1. The average Bonchev–Trinajstić information content (AvgIpc) is 2.46. The van der Waals surface area contributed by atoms with Gasteiger partial charge in [-0.25, -0.2) is 4.79 Å². The van der Waals surface area contributed by atoms with Crippen LogP contribution in [0.1, 0.15) is 31.1 Å². The van der Waals surface area contributed by atoms with E-state index in [1.54, 1.807) is 29.2 Å². The molecule has 0 spiro atoms. The molecule has 1 fully saturated rings. The summed E-state index contributed by atoms with van der Waals surface area (Å²) in [4.78, 5) is 25.9. The lowest BCUT2D eigenvalue weighted by Crippen LogP contribution is -2.49. The van der Waals surface area contributed by atoms with Gasteiger partial charge in [0.05, 0.1) is 12.2 Å². The van der Waals surface area contributed by atoms with Crippen molar-refractivity contribution in [3.05, 3.63) is 29.8 Å². The highest BCUT2D eigenvalue weighted by Crippen LogP contribution is 2.15. The van der Waals surface area contributed by atoms with Crippen molar-refractivity contribution in [1.82, 2.24) is 10.2 Å². The Labute approximate surface area is 130 Å². The van der Waals surface area contributed by atoms with Crippen molar-refractivity contribution in [1.29, 1.82) is 0 Å². The monoisotopic (exact) mass is 305 g/mol. The maximum absolute atomic E-state index is 12.3. The van der Waals surface area contributed by atoms with Gasteiger partial charge in [-0.3, -0.25) is 4.79 Å². The molecule has 1 aliphatic heterocycles. The van der Waals surface area contributed by atoms with Gasteiger partial charge in [-0.05, 0) is 39.0 Å². The van der Waals surface area contributed by atoms with E-state index in [1.165, 1.54) is 0 Å². The number of morpholine rings is 1. The van der Waals surface area contributed by atoms with Crippen LogP contribution in [0.4, 0.5) is 10.5 Å². The SMILES string of the molecule is CCNC(=O)c1cccc(NC(=O)N2C[C@@H](C)O[C@@H](C)C2)c1. The van der Waals surface area contributed by atoms with Gasteiger partial charge in [-0.1, -0.05) is 6.07 Å². The Morgan fingerprint density at radius 3 is 2.59 bits per heavy atom. The van der Waals surface area contributed by atoms with Gasteiger partial charge in [0, 0.05) is 30.9 Å². The van der Waals surface area contributed by atoms with Gasteiger partial charge in [0.25, 0.3) is 5.91 Å². The molecule has 1 saturated heterocycles. The third-order valence-corrected chi connectivity index (χ3v) is 3.42. The fourth-order valence-electron chi connectivity index (χ4n) is 2.55. The number of urea groups is 1. The Hall–Kier alpha value is -2.08. The number of hydrogen-bond acceptors (Lipinski definition) is 3. The largest absolute Gasteiger partial charge is 0.372 e. The maximum Gasteiger partial charge on any atom is 0.322 e. The number of hydrogen-bond donors (Lipinski definition) is 2. The van der Waals surface area contributed by atoms with Crippen molar-refractivity contribution >= 4 is 17.6 Å². The minimum Gasteiger partial charge on any atom is -0.372 e. The van der Waals surface area contributed by atoms with Crippen LogP contribution in [-0.4, -0.2) is 48.7 Å². The summed E-state index contributed by atoms with van der Waals surface area (Å²) in [6, 6.07) is 6.75. The molecule has 0 unspecified atom stereocenters. The molecular formula is C16H23N3O3.